The van der Waals surface area contributed by atoms with Gasteiger partial charge in [0.1, 0.15) is 0 Å². The van der Waals surface area contributed by atoms with E-state index < -0.39 is 14.8 Å². The average molecular weight is 765 g/mol. The summed E-state index contributed by atoms with van der Waals surface area (Å²) in [5.74, 6) is 0. The van der Waals surface area contributed by atoms with Crippen molar-refractivity contribution in [3.8, 4) is 44.5 Å². The molecule has 0 saturated carbocycles. The number of hydrogen-bond donors (Lipinski definition) is 3. The number of nitrogens with one attached hydrogen (secondary N) is 2. The lowest BCUT2D eigenvalue weighted by molar-refractivity contribution is -0.385. The molecule has 5 heterocycles. The molecule has 2 aliphatic rings. The first kappa shape index (κ1) is 35.2. The molecule has 14 nitrogen and oxygen atoms in total. The van der Waals surface area contributed by atoms with Gasteiger partial charge in [0, 0.05) is 86.4 Å². The van der Waals surface area contributed by atoms with E-state index in [1.807, 2.05) is 72.8 Å². The van der Waals surface area contributed by atoms with Crippen LogP contribution < -0.4 is 5.73 Å². The van der Waals surface area contributed by atoms with Crippen molar-refractivity contribution in [1.29, 1.82) is 0 Å². The Kier molecular flexibility index (Phi) is 8.47. The number of non-ortho nitro benzene ring substituents is 3. The van der Waals surface area contributed by atoms with Crippen molar-refractivity contribution < 1.29 is 14.8 Å². The first-order chi connectivity index (χ1) is 28.1. The fourth-order valence-electron chi connectivity index (χ4n) is 7.32. The molecular weight excluding hydrogens is 737 g/mol. The molecule has 4 aromatic carbocycles. The first-order valence-electron chi connectivity index (χ1n) is 17.9. The Bertz CT molecular complexity index is 3020. The van der Waals surface area contributed by atoms with E-state index in [4.69, 9.17) is 15.7 Å². The number of nitrogens with two attached hydrogens (primary N) is 1. The molecule has 4 N–H and O–H groups in total. The minimum atomic E-state index is -0.461. The monoisotopic (exact) mass is 764 g/mol. The quantitative estimate of drug-likeness (QED) is 0.0798. The minimum absolute atomic E-state index is 0.0563. The van der Waals surface area contributed by atoms with Gasteiger partial charge in [0.2, 0.25) is 0 Å². The SMILES string of the molecule is Nc1ccc(-c2c3nc(c(-c4ccc([N+](=O)[O-])cc4)c4ccc([nH]4)c(-c4ccc([N+](=O)[O-])cc4)c4nc(c(-c5ccc([N+](=O)[O-])cc5)c5ccc2[nH]5)C=C4)C=C3)cc1. The number of H-pyrrole nitrogens is 2. The summed E-state index contributed by atoms with van der Waals surface area (Å²) in [6.07, 6.45) is 7.53. The Morgan fingerprint density at radius 1 is 0.379 bits per heavy atom. The van der Waals surface area contributed by atoms with E-state index in [2.05, 4.69) is 9.97 Å². The summed E-state index contributed by atoms with van der Waals surface area (Å²) in [6, 6.07) is 33.8. The van der Waals surface area contributed by atoms with Crippen molar-refractivity contribution >= 4 is 69.1 Å². The second kappa shape index (κ2) is 14.0. The molecule has 2 aliphatic heterocycles. The van der Waals surface area contributed by atoms with Gasteiger partial charge in [-0.1, -0.05) is 12.1 Å². The van der Waals surface area contributed by atoms with Gasteiger partial charge in [-0.25, -0.2) is 9.97 Å². The van der Waals surface area contributed by atoms with E-state index in [-0.39, 0.29) is 17.1 Å². The van der Waals surface area contributed by atoms with Crippen LogP contribution in [-0.2, 0) is 0 Å². The van der Waals surface area contributed by atoms with Crippen molar-refractivity contribution in [3.05, 3.63) is 174 Å². The Hall–Kier alpha value is -8.52. The first-order valence-corrected chi connectivity index (χ1v) is 17.9. The minimum Gasteiger partial charge on any atom is -0.399 e. The Labute approximate surface area is 327 Å². The summed E-state index contributed by atoms with van der Waals surface area (Å²) in [4.78, 5) is 51.0. The molecule has 0 aliphatic carbocycles. The highest BCUT2D eigenvalue weighted by Crippen LogP contribution is 2.39. The van der Waals surface area contributed by atoms with E-state index in [9.17, 15) is 30.3 Å². The number of aromatic nitrogens is 4. The molecule has 7 aromatic rings. The van der Waals surface area contributed by atoms with Crippen LogP contribution in [-0.4, -0.2) is 34.7 Å². The number of rotatable bonds is 7. The van der Waals surface area contributed by atoms with Crippen LogP contribution in [0, 0.1) is 30.3 Å². The number of nitrogens with zero attached hydrogens (tertiary/aromatic N) is 5. The van der Waals surface area contributed by atoms with Gasteiger partial charge < -0.3 is 15.7 Å². The summed E-state index contributed by atoms with van der Waals surface area (Å²) in [5.41, 5.74) is 17.2. The molecule has 0 saturated heterocycles. The number of nitro groups is 3. The zero-order valence-electron chi connectivity index (χ0n) is 30.1. The van der Waals surface area contributed by atoms with E-state index >= 15 is 0 Å². The molecule has 0 unspecified atom stereocenters. The molecule has 0 atom stereocenters. The number of benzene rings is 4. The Morgan fingerprint density at radius 2 is 0.621 bits per heavy atom. The lowest BCUT2D eigenvalue weighted by atomic mass is 10.0. The fourth-order valence-corrected chi connectivity index (χ4v) is 7.32. The highest BCUT2D eigenvalue weighted by molar-refractivity contribution is 6.00. The molecule has 0 amide bonds. The van der Waals surface area contributed by atoms with Gasteiger partial charge in [-0.3, -0.25) is 30.3 Å². The summed E-state index contributed by atoms with van der Waals surface area (Å²) in [5, 5.41) is 34.8. The number of anilines is 1. The van der Waals surface area contributed by atoms with Gasteiger partial charge >= 0.3 is 0 Å². The maximum atomic E-state index is 11.6. The third kappa shape index (κ3) is 6.31. The van der Waals surface area contributed by atoms with Gasteiger partial charge in [0.25, 0.3) is 17.1 Å². The zero-order chi connectivity index (χ0) is 40.1. The zero-order valence-corrected chi connectivity index (χ0v) is 30.1. The van der Waals surface area contributed by atoms with Crippen molar-refractivity contribution in [2.24, 2.45) is 0 Å². The van der Waals surface area contributed by atoms with Crippen LogP contribution in [0.4, 0.5) is 22.7 Å². The normalized spacial score (nSPS) is 11.8. The molecule has 0 spiro atoms. The maximum Gasteiger partial charge on any atom is 0.269 e. The number of fused-ring (bicyclic) bond motifs is 8. The molecule has 0 fully saturated rings. The molecular formula is C44H28N8O6. The van der Waals surface area contributed by atoms with E-state index in [0.29, 0.717) is 78.4 Å². The number of aromatic amines is 2. The summed E-state index contributed by atoms with van der Waals surface area (Å²) < 4.78 is 0. The fraction of sp³-hybridized carbons (Fsp3) is 0. The third-order valence-corrected chi connectivity index (χ3v) is 10.1. The molecule has 280 valence electrons. The van der Waals surface area contributed by atoms with Crippen LogP contribution >= 0.6 is 0 Å². The van der Waals surface area contributed by atoms with Crippen LogP contribution in [0.3, 0.4) is 0 Å². The van der Waals surface area contributed by atoms with Crippen LogP contribution in [0.25, 0.3) is 90.9 Å². The predicted octanol–water partition coefficient (Wildman–Crippen LogP) is 10.6. The summed E-state index contributed by atoms with van der Waals surface area (Å²) >= 11 is 0. The molecule has 0 radical (unpaired) electrons. The van der Waals surface area contributed by atoms with E-state index in [0.717, 1.165) is 16.6 Å². The summed E-state index contributed by atoms with van der Waals surface area (Å²) in [7, 11) is 0. The average Bonchev–Trinajstić information content (AvgIpc) is 4.07. The topological polar surface area (TPSA) is 213 Å². The van der Waals surface area contributed by atoms with Gasteiger partial charge in [-0.2, -0.15) is 0 Å². The Morgan fingerprint density at radius 3 is 0.862 bits per heavy atom. The predicted molar refractivity (Wildman–Crippen MR) is 225 cm³/mol. The van der Waals surface area contributed by atoms with Crippen LogP contribution in [0.2, 0.25) is 0 Å². The van der Waals surface area contributed by atoms with Crippen LogP contribution in [0.15, 0.2) is 121 Å². The maximum absolute atomic E-state index is 11.6. The van der Waals surface area contributed by atoms with Crippen molar-refractivity contribution in [2.75, 3.05) is 5.73 Å². The van der Waals surface area contributed by atoms with Gasteiger partial charge in [-0.15, -0.1) is 0 Å². The van der Waals surface area contributed by atoms with Crippen LogP contribution in [0.1, 0.15) is 22.8 Å². The van der Waals surface area contributed by atoms with Crippen molar-refractivity contribution in [3.63, 3.8) is 0 Å². The van der Waals surface area contributed by atoms with Gasteiger partial charge in [0.05, 0.1) is 37.5 Å². The third-order valence-electron chi connectivity index (χ3n) is 10.1. The second-order valence-electron chi connectivity index (χ2n) is 13.5. The van der Waals surface area contributed by atoms with Gasteiger partial charge in [-0.05, 0) is 119 Å². The molecule has 8 bridgehead atoms. The van der Waals surface area contributed by atoms with Crippen LogP contribution in [0.5, 0.6) is 0 Å². The molecule has 3 aromatic heterocycles. The smallest absolute Gasteiger partial charge is 0.269 e. The summed E-state index contributed by atoms with van der Waals surface area (Å²) in [6.45, 7) is 0. The van der Waals surface area contributed by atoms with E-state index in [1.54, 1.807) is 36.4 Å². The second-order valence-corrected chi connectivity index (χ2v) is 13.5. The highest BCUT2D eigenvalue weighted by atomic mass is 16.6. The van der Waals surface area contributed by atoms with Crippen molar-refractivity contribution in [2.45, 2.75) is 0 Å². The molecule has 58 heavy (non-hydrogen) atoms. The lowest BCUT2D eigenvalue weighted by Gasteiger charge is -2.07. The standard InChI is InChI=1S/C44H28N8O6/c45-29-9-1-25(2-10-29)41-33-17-19-35(46-33)42(26-3-11-30(12-4-26)50(53)54)37-21-23-39(48-37)44(28-7-15-32(16-8-28)52(57)58)40-24-22-38(49-40)43(36-20-18-34(41)47-36)27-5-13-31(14-6-27)51(55)56/h1-24,46,49H,45H2. The number of nitro benzene ring substituents is 3. The molecule has 9 rings (SSSR count). The van der Waals surface area contributed by atoms with Gasteiger partial charge in [0.15, 0.2) is 0 Å². The van der Waals surface area contributed by atoms with Crippen molar-refractivity contribution in [1.82, 2.24) is 19.9 Å². The number of nitrogen functional groups attached to an aromatic ring is 1. The Balaban J connectivity index is 1.44. The highest BCUT2D eigenvalue weighted by Gasteiger charge is 2.20. The van der Waals surface area contributed by atoms with E-state index in [1.165, 1.54) is 36.4 Å². The largest absolute Gasteiger partial charge is 0.399 e. The molecule has 14 heteroatoms. The number of hydrogen-bond acceptors (Lipinski definition) is 9. The lowest BCUT2D eigenvalue weighted by Crippen LogP contribution is -1.91.